The second kappa shape index (κ2) is 12.9. The van der Waals surface area contributed by atoms with E-state index in [9.17, 15) is 9.59 Å². The number of carbonyl (C=O) groups excluding carboxylic acids is 2. The molecule has 3 aliphatic carbocycles. The number of esters is 2. The van der Waals surface area contributed by atoms with E-state index in [1.165, 1.54) is 76.7 Å². The molecule has 3 fully saturated rings. The first-order chi connectivity index (χ1) is 19.6. The molecule has 0 aromatic heterocycles. The monoisotopic (exact) mass is 544 g/mol. The van der Waals surface area contributed by atoms with Crippen molar-refractivity contribution in [3.8, 4) is 0 Å². The molecule has 5 unspecified atom stereocenters. The van der Waals surface area contributed by atoms with Gasteiger partial charge in [-0.3, -0.25) is 9.59 Å². The quantitative estimate of drug-likeness (QED) is 0.283. The summed E-state index contributed by atoms with van der Waals surface area (Å²) in [7, 11) is 2.99. The van der Waals surface area contributed by atoms with Crippen LogP contribution in [-0.2, 0) is 29.9 Å². The Kier molecular flexibility index (Phi) is 9.33. The van der Waals surface area contributed by atoms with Gasteiger partial charge in [-0.25, -0.2) is 0 Å². The topological polar surface area (TPSA) is 52.6 Å². The number of methoxy groups -OCH3 is 2. The van der Waals surface area contributed by atoms with Gasteiger partial charge in [0.1, 0.15) is 0 Å². The van der Waals surface area contributed by atoms with Gasteiger partial charge in [-0.2, -0.15) is 0 Å². The van der Waals surface area contributed by atoms with Gasteiger partial charge in [-0.05, 0) is 86.2 Å². The molecule has 4 heteroatoms. The van der Waals surface area contributed by atoms with Gasteiger partial charge in [0.2, 0.25) is 0 Å². The Morgan fingerprint density at radius 1 is 0.600 bits per heavy atom. The summed E-state index contributed by atoms with van der Waals surface area (Å²) in [5.74, 6) is 2.72. The zero-order chi connectivity index (χ0) is 28.0. The summed E-state index contributed by atoms with van der Waals surface area (Å²) in [5, 5.41) is 0. The Morgan fingerprint density at radius 3 is 1.23 bits per heavy atom. The lowest BCUT2D eigenvalue weighted by Gasteiger charge is -2.21. The summed E-state index contributed by atoms with van der Waals surface area (Å²) >= 11 is 0. The lowest BCUT2D eigenvalue weighted by atomic mass is 9.83. The molecule has 3 aliphatic rings. The summed E-state index contributed by atoms with van der Waals surface area (Å²) < 4.78 is 9.91. The van der Waals surface area contributed by atoms with Crippen LogP contribution in [0.5, 0.6) is 0 Å². The van der Waals surface area contributed by atoms with E-state index in [4.69, 9.17) is 9.47 Å². The van der Waals surface area contributed by atoms with E-state index in [0.717, 1.165) is 49.4 Å². The van der Waals surface area contributed by atoms with Crippen molar-refractivity contribution in [2.45, 2.75) is 101 Å². The van der Waals surface area contributed by atoms with Crippen molar-refractivity contribution in [1.29, 1.82) is 0 Å². The fourth-order valence-corrected chi connectivity index (χ4v) is 9.14. The van der Waals surface area contributed by atoms with Crippen molar-refractivity contribution in [2.24, 2.45) is 23.7 Å². The molecule has 0 heterocycles. The molecule has 0 radical (unpaired) electrons. The summed E-state index contributed by atoms with van der Waals surface area (Å²) in [6.07, 6.45) is 15.3. The fourth-order valence-electron chi connectivity index (χ4n) is 9.14. The number of fused-ring (bicyclic) bond motifs is 2. The van der Waals surface area contributed by atoms with Gasteiger partial charge in [0.25, 0.3) is 0 Å². The van der Waals surface area contributed by atoms with E-state index < -0.39 is 0 Å². The molecule has 5 rings (SSSR count). The van der Waals surface area contributed by atoms with Gasteiger partial charge >= 0.3 is 11.9 Å². The van der Waals surface area contributed by atoms with Crippen LogP contribution in [0.3, 0.4) is 0 Å². The predicted octanol–water partition coefficient (Wildman–Crippen LogP) is 8.18. The smallest absolute Gasteiger partial charge is 0.305 e. The number of hydrogen-bond acceptors (Lipinski definition) is 4. The molecule has 0 bridgehead atoms. The molecule has 2 aromatic carbocycles. The summed E-state index contributed by atoms with van der Waals surface area (Å²) in [6.45, 7) is 0. The van der Waals surface area contributed by atoms with Crippen LogP contribution in [0.25, 0.3) is 0 Å². The van der Waals surface area contributed by atoms with Gasteiger partial charge in [0.15, 0.2) is 0 Å². The van der Waals surface area contributed by atoms with Gasteiger partial charge < -0.3 is 9.47 Å². The van der Waals surface area contributed by atoms with Crippen LogP contribution < -0.4 is 0 Å². The average molecular weight is 545 g/mol. The molecule has 40 heavy (non-hydrogen) atoms. The first-order valence-electron chi connectivity index (χ1n) is 15.8. The molecule has 0 aliphatic heterocycles. The Labute approximate surface area is 241 Å². The van der Waals surface area contributed by atoms with E-state index in [1.807, 2.05) is 0 Å². The summed E-state index contributed by atoms with van der Waals surface area (Å²) in [6, 6.07) is 22.3. The average Bonchev–Trinajstić information content (AvgIpc) is 3.83. The first kappa shape index (κ1) is 28.9. The highest BCUT2D eigenvalue weighted by molar-refractivity contribution is 5.69. The van der Waals surface area contributed by atoms with Gasteiger partial charge in [0, 0.05) is 23.7 Å². The van der Waals surface area contributed by atoms with E-state index in [0.29, 0.717) is 12.8 Å². The number of ether oxygens (including phenoxy) is 2. The Balaban J connectivity index is 1.29. The standard InChI is InChI=1S/C36H48O4/c1-39-33(37)23-13-25-35(27-15-5-3-6-16-27)29-19-9-11-21-31-32(22-12-10-20-30(29)35)36(31,26-14-24-34(38)40-2)28-17-7-4-8-18-28/h3-8,15-18,29-32H,9-14,19-26H2,1-2H3/t29-,30?,31?,32?,35?,36?/m0/s1. The number of benzene rings is 2. The SMILES string of the molecule is COC(=O)CCCC1(c2ccccc2)C2CCCCC3[C@H](CCCCC21)C3(CCCC(=O)OC)c1ccccc1. The van der Waals surface area contributed by atoms with Crippen molar-refractivity contribution >= 4 is 11.9 Å². The summed E-state index contributed by atoms with van der Waals surface area (Å²) in [5.41, 5.74) is 3.43. The zero-order valence-corrected chi connectivity index (χ0v) is 24.6. The maximum Gasteiger partial charge on any atom is 0.305 e. The van der Waals surface area contributed by atoms with E-state index in [2.05, 4.69) is 60.7 Å². The molecular weight excluding hydrogens is 496 g/mol. The Hall–Kier alpha value is -2.62. The van der Waals surface area contributed by atoms with Gasteiger partial charge in [0.05, 0.1) is 14.2 Å². The van der Waals surface area contributed by atoms with Crippen LogP contribution in [0.1, 0.15) is 101 Å². The Bertz CT molecular complexity index is 997. The second-order valence-electron chi connectivity index (χ2n) is 12.7. The zero-order valence-electron chi connectivity index (χ0n) is 24.6. The molecule has 2 aromatic rings. The van der Waals surface area contributed by atoms with Gasteiger partial charge in [-0.1, -0.05) is 86.3 Å². The second-order valence-corrected chi connectivity index (χ2v) is 12.7. The molecule has 0 N–H and O–H groups in total. The number of hydrogen-bond donors (Lipinski definition) is 0. The van der Waals surface area contributed by atoms with Crippen LogP contribution in [-0.4, -0.2) is 26.2 Å². The molecule has 0 spiro atoms. The molecular formula is C36H48O4. The highest BCUT2D eigenvalue weighted by atomic mass is 16.5. The maximum absolute atomic E-state index is 11.9. The molecule has 216 valence electrons. The van der Waals surface area contributed by atoms with Crippen LogP contribution in [0.2, 0.25) is 0 Å². The van der Waals surface area contributed by atoms with Crippen molar-refractivity contribution in [2.75, 3.05) is 14.2 Å². The lowest BCUT2D eigenvalue weighted by molar-refractivity contribution is -0.141. The third kappa shape index (κ3) is 5.74. The largest absolute Gasteiger partial charge is 0.469 e. The van der Waals surface area contributed by atoms with Crippen molar-refractivity contribution < 1.29 is 19.1 Å². The van der Waals surface area contributed by atoms with Crippen molar-refractivity contribution in [3.63, 3.8) is 0 Å². The first-order valence-corrected chi connectivity index (χ1v) is 15.8. The third-order valence-corrected chi connectivity index (χ3v) is 11.0. The van der Waals surface area contributed by atoms with Crippen LogP contribution in [0.4, 0.5) is 0 Å². The minimum absolute atomic E-state index is 0.0874. The third-order valence-electron chi connectivity index (χ3n) is 11.0. The van der Waals surface area contributed by atoms with Crippen LogP contribution >= 0.6 is 0 Å². The minimum atomic E-state index is -0.0874. The number of rotatable bonds is 10. The lowest BCUT2D eigenvalue weighted by Crippen LogP contribution is -2.15. The molecule has 0 amide bonds. The van der Waals surface area contributed by atoms with E-state index in [-0.39, 0.29) is 22.8 Å². The minimum Gasteiger partial charge on any atom is -0.469 e. The predicted molar refractivity (Wildman–Crippen MR) is 159 cm³/mol. The highest BCUT2D eigenvalue weighted by Gasteiger charge is 2.64. The molecule has 6 atom stereocenters. The van der Waals surface area contributed by atoms with Crippen molar-refractivity contribution in [3.05, 3.63) is 71.8 Å². The highest BCUT2D eigenvalue weighted by Crippen LogP contribution is 2.69. The van der Waals surface area contributed by atoms with Gasteiger partial charge in [-0.15, -0.1) is 0 Å². The number of carbonyl (C=O) groups is 2. The van der Waals surface area contributed by atoms with E-state index >= 15 is 0 Å². The molecule has 3 saturated carbocycles. The Morgan fingerprint density at radius 2 is 0.925 bits per heavy atom. The van der Waals surface area contributed by atoms with Crippen molar-refractivity contribution in [1.82, 2.24) is 0 Å². The normalized spacial score (nSPS) is 31.4. The molecule has 4 nitrogen and oxygen atoms in total. The van der Waals surface area contributed by atoms with Crippen LogP contribution in [0.15, 0.2) is 60.7 Å². The maximum atomic E-state index is 11.9. The van der Waals surface area contributed by atoms with E-state index in [1.54, 1.807) is 0 Å². The fraction of sp³-hybridized carbons (Fsp3) is 0.611. The van der Waals surface area contributed by atoms with Crippen LogP contribution in [0, 0.1) is 23.7 Å². The summed E-state index contributed by atoms with van der Waals surface area (Å²) in [4.78, 5) is 23.8. The molecule has 0 saturated heterocycles.